The second-order valence-electron chi connectivity index (χ2n) is 7.88. The van der Waals surface area contributed by atoms with Crippen LogP contribution in [0.15, 0.2) is 27.2 Å². The number of carbonyl (C=O) groups is 2. The van der Waals surface area contributed by atoms with E-state index in [1.54, 1.807) is 6.08 Å². The van der Waals surface area contributed by atoms with Gasteiger partial charge in [-0.1, -0.05) is 30.0 Å². The minimum Gasteiger partial charge on any atom is -0.494 e. The summed E-state index contributed by atoms with van der Waals surface area (Å²) in [7, 11) is 0. The number of hydrogen-bond acceptors (Lipinski definition) is 9. The maximum Gasteiger partial charge on any atom is 0.271 e. The van der Waals surface area contributed by atoms with E-state index in [-0.39, 0.29) is 48.2 Å². The van der Waals surface area contributed by atoms with Crippen molar-refractivity contribution in [2.45, 2.75) is 38.8 Å². The molecule has 0 saturated carbocycles. The molecule has 2 fully saturated rings. The molecule has 0 aromatic carbocycles. The summed E-state index contributed by atoms with van der Waals surface area (Å²) in [4.78, 5) is 41.5. The zero-order chi connectivity index (χ0) is 24.4. The summed E-state index contributed by atoms with van der Waals surface area (Å²) in [6, 6.07) is 5.64. The molecule has 176 valence electrons. The zero-order valence-corrected chi connectivity index (χ0v) is 20.7. The van der Waals surface area contributed by atoms with Gasteiger partial charge in [0.05, 0.1) is 23.1 Å². The summed E-state index contributed by atoms with van der Waals surface area (Å²) >= 11 is 8.01. The fourth-order valence-electron chi connectivity index (χ4n) is 3.98. The molecule has 1 amide bonds. The summed E-state index contributed by atoms with van der Waals surface area (Å²) in [5.41, 5.74) is -0.806. The maximum absolute atomic E-state index is 13.1. The number of pyridine rings is 1. The van der Waals surface area contributed by atoms with Crippen molar-refractivity contribution in [3.63, 3.8) is 0 Å². The Balaban J connectivity index is 1.56. The lowest BCUT2D eigenvalue weighted by Crippen LogP contribution is -2.32. The van der Waals surface area contributed by atoms with E-state index in [0.29, 0.717) is 15.8 Å². The van der Waals surface area contributed by atoms with Crippen LogP contribution in [0.2, 0.25) is 0 Å². The molecular weight excluding hydrogens is 494 g/mol. The third kappa shape index (κ3) is 4.72. The van der Waals surface area contributed by atoms with Crippen molar-refractivity contribution < 1.29 is 19.4 Å². The summed E-state index contributed by atoms with van der Waals surface area (Å²) in [6.45, 7) is 2.11. The highest BCUT2D eigenvalue weighted by molar-refractivity contribution is 8.26. The van der Waals surface area contributed by atoms with E-state index < -0.39 is 17.2 Å². The highest BCUT2D eigenvalue weighted by atomic mass is 32.2. The number of amides is 1. The Hall–Kier alpha value is -2.78. The number of Topliss-reactive ketones (excluding diaryl/α,β-unsaturated/α-hetero) is 1. The number of nitrogens with zero attached hydrogens (tertiary/aromatic N) is 3. The third-order valence-corrected chi connectivity index (χ3v) is 7.94. The van der Waals surface area contributed by atoms with Gasteiger partial charge in [-0.05, 0) is 42.9 Å². The van der Waals surface area contributed by atoms with Crippen molar-refractivity contribution in [2.75, 3.05) is 13.2 Å². The number of thioether (sulfide) groups is 1. The van der Waals surface area contributed by atoms with Gasteiger partial charge in [0.1, 0.15) is 16.0 Å². The largest absolute Gasteiger partial charge is 0.494 e. The first kappa shape index (κ1) is 24.3. The fourth-order valence-corrected chi connectivity index (χ4v) is 6.01. The van der Waals surface area contributed by atoms with Crippen LogP contribution in [0.5, 0.6) is 5.88 Å². The number of aromatic nitrogens is 1. The van der Waals surface area contributed by atoms with Gasteiger partial charge in [-0.25, -0.2) is 0 Å². The summed E-state index contributed by atoms with van der Waals surface area (Å²) < 4.78 is 6.94. The molecule has 4 rings (SSSR count). The summed E-state index contributed by atoms with van der Waals surface area (Å²) in [5, 5.41) is 22.3. The molecule has 11 heteroatoms. The Morgan fingerprint density at radius 1 is 1.44 bits per heavy atom. The van der Waals surface area contributed by atoms with Gasteiger partial charge >= 0.3 is 0 Å². The van der Waals surface area contributed by atoms with Crippen LogP contribution in [-0.2, 0) is 16.1 Å². The lowest BCUT2D eigenvalue weighted by atomic mass is 9.99. The molecule has 2 aromatic heterocycles. The van der Waals surface area contributed by atoms with Crippen molar-refractivity contribution in [1.29, 1.82) is 5.26 Å². The van der Waals surface area contributed by atoms with Crippen molar-refractivity contribution in [3.05, 3.63) is 54.3 Å². The van der Waals surface area contributed by atoms with Gasteiger partial charge in [0, 0.05) is 24.4 Å². The van der Waals surface area contributed by atoms with Crippen molar-refractivity contribution in [2.24, 2.45) is 0 Å². The minimum atomic E-state index is -0.653. The normalized spacial score (nSPS) is 19.2. The molecule has 2 aromatic rings. The maximum atomic E-state index is 13.1. The monoisotopic (exact) mass is 515 g/mol. The molecule has 2 aliphatic rings. The standard InChI is InChI=1S/C23H21N3O5S3/c1-13-16(11-24)20(28)26(12-14-4-2-8-31-14)22(30)19(13)17(27)6-7-25-21(29)18(34-23(25)32)10-15-5-3-9-33-15/h3,5,9-10,14,30H,2,4,6-8,12H2,1H3/b18-10-. The average molecular weight is 516 g/mol. The second-order valence-corrected chi connectivity index (χ2v) is 10.5. The molecule has 8 nitrogen and oxygen atoms in total. The van der Waals surface area contributed by atoms with Crippen LogP contribution in [0.3, 0.4) is 0 Å². The van der Waals surface area contributed by atoms with E-state index in [1.165, 1.54) is 34.9 Å². The topological polar surface area (TPSA) is 113 Å². The quantitative estimate of drug-likeness (QED) is 0.339. The number of ether oxygens (including phenoxy) is 1. The van der Waals surface area contributed by atoms with Crippen LogP contribution in [0.1, 0.15) is 45.6 Å². The minimum absolute atomic E-state index is 0.0247. The van der Waals surface area contributed by atoms with Crippen LogP contribution in [-0.4, -0.2) is 49.8 Å². The third-order valence-electron chi connectivity index (χ3n) is 5.74. The second kappa shape index (κ2) is 10.2. The molecule has 4 heterocycles. The molecular formula is C23H21N3O5S3. The van der Waals surface area contributed by atoms with Gasteiger partial charge in [-0.3, -0.25) is 23.9 Å². The molecule has 0 bridgehead atoms. The number of hydrogen-bond donors (Lipinski definition) is 1. The number of ketones is 1. The van der Waals surface area contributed by atoms with Gasteiger partial charge < -0.3 is 9.84 Å². The number of rotatable bonds is 7. The van der Waals surface area contributed by atoms with Gasteiger partial charge in [0.2, 0.25) is 5.88 Å². The van der Waals surface area contributed by atoms with Gasteiger partial charge in [0.15, 0.2) is 5.78 Å². The number of thiophene rings is 1. The SMILES string of the molecule is Cc1c(C(=O)CCN2C(=O)/C(=C/c3cccs3)SC2=S)c(O)n(CC2CCCO2)c(=O)c1C#N. The Bertz CT molecular complexity index is 1280. The number of nitriles is 1. The molecule has 0 radical (unpaired) electrons. The first-order valence-electron chi connectivity index (χ1n) is 10.6. The highest BCUT2D eigenvalue weighted by Crippen LogP contribution is 2.34. The number of thiocarbonyl (C=S) groups is 1. The fraction of sp³-hybridized carbons (Fsp3) is 0.348. The Kier molecular flexibility index (Phi) is 7.33. The molecule has 1 N–H and O–H groups in total. The molecule has 2 aliphatic heterocycles. The van der Waals surface area contributed by atoms with E-state index in [2.05, 4.69) is 0 Å². The van der Waals surface area contributed by atoms with Crippen LogP contribution in [0, 0.1) is 18.3 Å². The Labute approximate surface area is 209 Å². The van der Waals surface area contributed by atoms with Crippen molar-refractivity contribution >= 4 is 57.4 Å². The smallest absolute Gasteiger partial charge is 0.271 e. The molecule has 0 aliphatic carbocycles. The molecule has 1 atom stereocenters. The van der Waals surface area contributed by atoms with Crippen molar-refractivity contribution in [1.82, 2.24) is 9.47 Å². The van der Waals surface area contributed by atoms with Crippen LogP contribution in [0.25, 0.3) is 6.08 Å². The molecule has 2 saturated heterocycles. The predicted octanol–water partition coefficient (Wildman–Crippen LogP) is 3.45. The van der Waals surface area contributed by atoms with E-state index in [9.17, 15) is 24.8 Å². The van der Waals surface area contributed by atoms with Gasteiger partial charge in [0.25, 0.3) is 11.5 Å². The van der Waals surface area contributed by atoms with E-state index >= 15 is 0 Å². The molecule has 34 heavy (non-hydrogen) atoms. The Morgan fingerprint density at radius 3 is 2.88 bits per heavy atom. The Morgan fingerprint density at radius 2 is 2.24 bits per heavy atom. The van der Waals surface area contributed by atoms with Gasteiger partial charge in [-0.15, -0.1) is 11.3 Å². The van der Waals surface area contributed by atoms with Gasteiger partial charge in [-0.2, -0.15) is 5.26 Å². The summed E-state index contributed by atoms with van der Waals surface area (Å²) in [6.07, 6.45) is 2.93. The average Bonchev–Trinajstić information content (AvgIpc) is 3.55. The number of aromatic hydroxyl groups is 1. The first-order valence-corrected chi connectivity index (χ1v) is 12.7. The molecule has 1 unspecified atom stereocenters. The van der Waals surface area contributed by atoms with Crippen molar-refractivity contribution in [3.8, 4) is 11.9 Å². The number of carbonyl (C=O) groups excluding carboxylic acids is 2. The predicted molar refractivity (Wildman–Crippen MR) is 134 cm³/mol. The first-order chi connectivity index (χ1) is 16.3. The van der Waals surface area contributed by atoms with Crippen LogP contribution >= 0.6 is 35.3 Å². The summed E-state index contributed by atoms with van der Waals surface area (Å²) in [5.74, 6) is -1.24. The zero-order valence-electron chi connectivity index (χ0n) is 18.3. The lowest BCUT2D eigenvalue weighted by molar-refractivity contribution is -0.122. The van der Waals surface area contributed by atoms with E-state index in [0.717, 1.165) is 22.3 Å². The van der Waals surface area contributed by atoms with E-state index in [4.69, 9.17) is 17.0 Å². The van der Waals surface area contributed by atoms with E-state index in [1.807, 2.05) is 23.6 Å². The van der Waals surface area contributed by atoms with Crippen LogP contribution in [0.4, 0.5) is 0 Å². The lowest BCUT2D eigenvalue weighted by Gasteiger charge is -2.19. The van der Waals surface area contributed by atoms with Crippen LogP contribution < -0.4 is 5.56 Å². The molecule has 0 spiro atoms. The highest BCUT2D eigenvalue weighted by Gasteiger charge is 2.33.